The Labute approximate surface area is 111 Å². The summed E-state index contributed by atoms with van der Waals surface area (Å²) >= 11 is 0. The third kappa shape index (κ3) is 4.51. The molecule has 0 aliphatic heterocycles. The number of nitrogens with two attached hydrogens (primary N) is 1. The zero-order valence-corrected chi connectivity index (χ0v) is 11.3. The molecule has 1 aromatic carbocycles. The molecule has 3 unspecified atom stereocenters. The SMILES string of the molecule is CC(C)C(OC(C)C(F)(F)F)C(N)c1ccccc1. The van der Waals surface area contributed by atoms with E-state index in [0.717, 1.165) is 12.5 Å². The summed E-state index contributed by atoms with van der Waals surface area (Å²) in [6.45, 7) is 4.61. The quantitative estimate of drug-likeness (QED) is 0.889. The van der Waals surface area contributed by atoms with E-state index < -0.39 is 24.4 Å². The number of hydrogen-bond acceptors (Lipinski definition) is 2. The van der Waals surface area contributed by atoms with Gasteiger partial charge in [0.1, 0.15) is 0 Å². The first-order chi connectivity index (χ1) is 8.73. The Morgan fingerprint density at radius 3 is 2.00 bits per heavy atom. The molecule has 0 aliphatic rings. The molecular formula is C14H20F3NO. The molecule has 0 heterocycles. The van der Waals surface area contributed by atoms with E-state index in [0.29, 0.717) is 0 Å². The van der Waals surface area contributed by atoms with Crippen molar-refractivity contribution in [2.24, 2.45) is 11.7 Å². The van der Waals surface area contributed by atoms with Gasteiger partial charge in [0.2, 0.25) is 0 Å². The average molecular weight is 275 g/mol. The van der Waals surface area contributed by atoms with Crippen LogP contribution in [0, 0.1) is 5.92 Å². The standard InChI is InChI=1S/C14H20F3NO/c1-9(2)13(19-10(3)14(15,16)17)12(18)11-7-5-4-6-8-11/h4-10,12-13H,18H2,1-3H3. The second-order valence-electron chi connectivity index (χ2n) is 4.97. The van der Waals surface area contributed by atoms with Gasteiger partial charge in [0, 0.05) is 0 Å². The average Bonchev–Trinajstić information content (AvgIpc) is 2.34. The van der Waals surface area contributed by atoms with Crippen LogP contribution in [0.5, 0.6) is 0 Å². The van der Waals surface area contributed by atoms with Gasteiger partial charge in [-0.1, -0.05) is 44.2 Å². The molecule has 1 rings (SSSR count). The van der Waals surface area contributed by atoms with E-state index in [2.05, 4.69) is 0 Å². The van der Waals surface area contributed by atoms with Crippen LogP contribution in [0.1, 0.15) is 32.4 Å². The second-order valence-corrected chi connectivity index (χ2v) is 4.97. The lowest BCUT2D eigenvalue weighted by atomic mass is 9.94. The van der Waals surface area contributed by atoms with Crippen molar-refractivity contribution in [1.82, 2.24) is 0 Å². The van der Waals surface area contributed by atoms with Gasteiger partial charge in [0.05, 0.1) is 12.1 Å². The third-order valence-corrected chi connectivity index (χ3v) is 3.02. The maximum Gasteiger partial charge on any atom is 0.414 e. The van der Waals surface area contributed by atoms with Crippen LogP contribution in [0.4, 0.5) is 13.2 Å². The predicted molar refractivity (Wildman–Crippen MR) is 68.6 cm³/mol. The number of halogens is 3. The van der Waals surface area contributed by atoms with Crippen LogP contribution in [0.3, 0.4) is 0 Å². The summed E-state index contributed by atoms with van der Waals surface area (Å²) in [4.78, 5) is 0. The fraction of sp³-hybridized carbons (Fsp3) is 0.571. The van der Waals surface area contributed by atoms with Crippen molar-refractivity contribution in [1.29, 1.82) is 0 Å². The topological polar surface area (TPSA) is 35.2 Å². The van der Waals surface area contributed by atoms with Crippen molar-refractivity contribution in [2.75, 3.05) is 0 Å². The van der Waals surface area contributed by atoms with Gasteiger partial charge in [0.25, 0.3) is 0 Å². The lowest BCUT2D eigenvalue weighted by Gasteiger charge is -2.31. The monoisotopic (exact) mass is 275 g/mol. The predicted octanol–water partition coefficient (Wildman–Crippen LogP) is 3.68. The molecule has 0 amide bonds. The van der Waals surface area contributed by atoms with E-state index in [1.807, 2.05) is 6.07 Å². The molecule has 0 spiro atoms. The van der Waals surface area contributed by atoms with Crippen molar-refractivity contribution >= 4 is 0 Å². The largest absolute Gasteiger partial charge is 0.414 e. The fourth-order valence-electron chi connectivity index (χ4n) is 1.83. The summed E-state index contributed by atoms with van der Waals surface area (Å²) < 4.78 is 42.9. The van der Waals surface area contributed by atoms with Gasteiger partial charge >= 0.3 is 6.18 Å². The van der Waals surface area contributed by atoms with Gasteiger partial charge in [-0.3, -0.25) is 0 Å². The molecule has 108 valence electrons. The third-order valence-electron chi connectivity index (χ3n) is 3.02. The van der Waals surface area contributed by atoms with Crippen LogP contribution in [0.2, 0.25) is 0 Å². The maximum atomic E-state index is 12.6. The maximum absolute atomic E-state index is 12.6. The molecule has 0 aliphatic carbocycles. The second kappa shape index (κ2) is 6.39. The molecular weight excluding hydrogens is 255 g/mol. The van der Waals surface area contributed by atoms with Crippen LogP contribution in [-0.4, -0.2) is 18.4 Å². The number of rotatable bonds is 5. The number of ether oxygens (including phenoxy) is 1. The highest BCUT2D eigenvalue weighted by atomic mass is 19.4. The van der Waals surface area contributed by atoms with E-state index in [9.17, 15) is 13.2 Å². The van der Waals surface area contributed by atoms with E-state index in [-0.39, 0.29) is 5.92 Å². The summed E-state index contributed by atoms with van der Waals surface area (Å²) in [5.74, 6) is -0.111. The Hall–Kier alpha value is -1.07. The van der Waals surface area contributed by atoms with Crippen molar-refractivity contribution in [2.45, 2.75) is 45.2 Å². The number of hydrogen-bond donors (Lipinski definition) is 1. The molecule has 0 saturated heterocycles. The Bertz CT molecular complexity index is 378. The zero-order valence-electron chi connectivity index (χ0n) is 11.3. The molecule has 5 heteroatoms. The molecule has 1 aromatic rings. The first-order valence-electron chi connectivity index (χ1n) is 6.26. The molecule has 0 bridgehead atoms. The summed E-state index contributed by atoms with van der Waals surface area (Å²) in [6.07, 6.45) is -6.88. The Balaban J connectivity index is 2.84. The van der Waals surface area contributed by atoms with Gasteiger partial charge in [-0.15, -0.1) is 0 Å². The molecule has 2 nitrogen and oxygen atoms in total. The highest BCUT2D eigenvalue weighted by Crippen LogP contribution is 2.29. The summed E-state index contributed by atoms with van der Waals surface area (Å²) in [5, 5.41) is 0. The minimum absolute atomic E-state index is 0.111. The lowest BCUT2D eigenvalue weighted by molar-refractivity contribution is -0.233. The van der Waals surface area contributed by atoms with E-state index >= 15 is 0 Å². The van der Waals surface area contributed by atoms with Gasteiger partial charge in [-0.05, 0) is 18.4 Å². The highest BCUT2D eigenvalue weighted by Gasteiger charge is 2.40. The Morgan fingerprint density at radius 2 is 1.58 bits per heavy atom. The van der Waals surface area contributed by atoms with Crippen LogP contribution >= 0.6 is 0 Å². The highest BCUT2D eigenvalue weighted by molar-refractivity contribution is 5.19. The normalized spacial score (nSPS) is 17.3. The fourth-order valence-corrected chi connectivity index (χ4v) is 1.83. The Kier molecular flexibility index (Phi) is 5.38. The summed E-state index contributed by atoms with van der Waals surface area (Å²) in [7, 11) is 0. The van der Waals surface area contributed by atoms with Gasteiger partial charge in [-0.25, -0.2) is 0 Å². The van der Waals surface area contributed by atoms with E-state index in [1.54, 1.807) is 38.1 Å². The number of benzene rings is 1. The molecule has 2 N–H and O–H groups in total. The van der Waals surface area contributed by atoms with Crippen LogP contribution in [-0.2, 0) is 4.74 Å². The lowest BCUT2D eigenvalue weighted by Crippen LogP contribution is -2.40. The minimum Gasteiger partial charge on any atom is -0.364 e. The molecule has 3 atom stereocenters. The number of alkyl halides is 3. The van der Waals surface area contributed by atoms with E-state index in [1.165, 1.54) is 0 Å². The van der Waals surface area contributed by atoms with Crippen molar-refractivity contribution in [3.05, 3.63) is 35.9 Å². The van der Waals surface area contributed by atoms with Crippen LogP contribution in [0.25, 0.3) is 0 Å². The van der Waals surface area contributed by atoms with E-state index in [4.69, 9.17) is 10.5 Å². The molecule has 0 saturated carbocycles. The van der Waals surface area contributed by atoms with Crippen molar-refractivity contribution in [3.63, 3.8) is 0 Å². The zero-order chi connectivity index (χ0) is 14.6. The summed E-state index contributed by atoms with van der Waals surface area (Å²) in [5.41, 5.74) is 6.81. The summed E-state index contributed by atoms with van der Waals surface area (Å²) in [6, 6.07) is 8.45. The van der Waals surface area contributed by atoms with Crippen LogP contribution in [0.15, 0.2) is 30.3 Å². The van der Waals surface area contributed by atoms with Crippen molar-refractivity contribution < 1.29 is 17.9 Å². The molecule has 0 aromatic heterocycles. The Morgan fingerprint density at radius 1 is 1.05 bits per heavy atom. The van der Waals surface area contributed by atoms with Gasteiger partial charge < -0.3 is 10.5 Å². The first kappa shape index (κ1) is 16.0. The van der Waals surface area contributed by atoms with Crippen LogP contribution < -0.4 is 5.73 Å². The van der Waals surface area contributed by atoms with Gasteiger partial charge in [0.15, 0.2) is 6.10 Å². The minimum atomic E-state index is -4.37. The molecule has 0 radical (unpaired) electrons. The molecule has 0 fully saturated rings. The van der Waals surface area contributed by atoms with Crippen molar-refractivity contribution in [3.8, 4) is 0 Å². The smallest absolute Gasteiger partial charge is 0.364 e. The molecule has 19 heavy (non-hydrogen) atoms. The first-order valence-corrected chi connectivity index (χ1v) is 6.26. The van der Waals surface area contributed by atoms with Gasteiger partial charge in [-0.2, -0.15) is 13.2 Å².